The van der Waals surface area contributed by atoms with Crippen molar-refractivity contribution in [1.29, 1.82) is 0 Å². The van der Waals surface area contributed by atoms with E-state index in [2.05, 4.69) is 46.7 Å². The van der Waals surface area contributed by atoms with Gasteiger partial charge in [0.05, 0.1) is 0 Å². The first-order valence-electron chi connectivity index (χ1n) is 9.96. The Morgan fingerprint density at radius 2 is 1.75 bits per heavy atom. The van der Waals surface area contributed by atoms with Gasteiger partial charge < -0.3 is 25.0 Å². The molecule has 0 saturated carbocycles. The summed E-state index contributed by atoms with van der Waals surface area (Å²) in [4.78, 5) is 14.6. The third-order valence-electron chi connectivity index (χ3n) is 5.35. The number of hydrogen-bond donors (Lipinski definition) is 2. The zero-order chi connectivity index (χ0) is 19.3. The molecule has 0 spiro atoms. The minimum absolute atomic E-state index is 0.0366. The van der Waals surface area contributed by atoms with Crippen molar-refractivity contribution in [2.45, 2.75) is 26.2 Å². The highest BCUT2D eigenvalue weighted by Gasteiger charge is 2.16. The standard InChI is InChI=1S/C22H27N3O3/c1-16-9-12-25(13-10-16)19-5-2-17(3-6-19)23-11-8-22(26)24-18-4-7-20-21(14-18)28-15-27-20/h2-7,14,16,23H,8-13,15H2,1H3,(H,24,26). The van der Waals surface area contributed by atoms with Crippen molar-refractivity contribution < 1.29 is 14.3 Å². The molecule has 2 aromatic rings. The maximum atomic E-state index is 12.2. The first-order chi connectivity index (χ1) is 13.7. The van der Waals surface area contributed by atoms with Crippen LogP contribution in [0.25, 0.3) is 0 Å². The van der Waals surface area contributed by atoms with Gasteiger partial charge in [0, 0.05) is 49.2 Å². The van der Waals surface area contributed by atoms with Crippen LogP contribution < -0.4 is 25.0 Å². The third kappa shape index (κ3) is 4.50. The van der Waals surface area contributed by atoms with Crippen molar-refractivity contribution in [1.82, 2.24) is 0 Å². The predicted molar refractivity (Wildman–Crippen MR) is 111 cm³/mol. The van der Waals surface area contributed by atoms with Gasteiger partial charge in [0.1, 0.15) is 0 Å². The maximum absolute atomic E-state index is 12.2. The number of nitrogens with zero attached hydrogens (tertiary/aromatic N) is 1. The van der Waals surface area contributed by atoms with Crippen LogP contribution in [0.2, 0.25) is 0 Å². The summed E-state index contributed by atoms with van der Waals surface area (Å²) in [5.74, 6) is 2.17. The molecule has 0 aliphatic carbocycles. The molecule has 4 rings (SSSR count). The number of piperidine rings is 1. The number of nitrogens with one attached hydrogen (secondary N) is 2. The Labute approximate surface area is 165 Å². The molecule has 148 valence electrons. The molecular formula is C22H27N3O3. The Hall–Kier alpha value is -2.89. The number of carbonyl (C=O) groups is 1. The van der Waals surface area contributed by atoms with Crippen molar-refractivity contribution >= 4 is 23.0 Å². The van der Waals surface area contributed by atoms with Gasteiger partial charge in [0.25, 0.3) is 0 Å². The highest BCUT2D eigenvalue weighted by atomic mass is 16.7. The second-order valence-corrected chi connectivity index (χ2v) is 7.51. The molecule has 6 nitrogen and oxygen atoms in total. The van der Waals surface area contributed by atoms with Gasteiger partial charge in [-0.2, -0.15) is 0 Å². The number of ether oxygens (including phenoxy) is 2. The van der Waals surface area contributed by atoms with Crippen LogP contribution in [0.1, 0.15) is 26.2 Å². The van der Waals surface area contributed by atoms with Gasteiger partial charge in [-0.25, -0.2) is 0 Å². The Morgan fingerprint density at radius 3 is 2.54 bits per heavy atom. The average molecular weight is 381 g/mol. The highest BCUT2D eigenvalue weighted by molar-refractivity contribution is 5.91. The van der Waals surface area contributed by atoms with Gasteiger partial charge in [-0.3, -0.25) is 4.79 Å². The quantitative estimate of drug-likeness (QED) is 0.789. The lowest BCUT2D eigenvalue weighted by atomic mass is 9.99. The second kappa shape index (κ2) is 8.42. The monoisotopic (exact) mass is 381 g/mol. The van der Waals surface area contributed by atoms with Crippen LogP contribution >= 0.6 is 0 Å². The molecule has 0 atom stereocenters. The topological polar surface area (TPSA) is 62.8 Å². The van der Waals surface area contributed by atoms with Crippen LogP contribution in [0.4, 0.5) is 17.1 Å². The van der Waals surface area contributed by atoms with Crippen LogP contribution in [0.3, 0.4) is 0 Å². The Kier molecular flexibility index (Phi) is 5.55. The van der Waals surface area contributed by atoms with Gasteiger partial charge in [-0.1, -0.05) is 6.92 Å². The molecule has 2 N–H and O–H groups in total. The van der Waals surface area contributed by atoms with E-state index in [1.807, 2.05) is 6.07 Å². The fourth-order valence-corrected chi connectivity index (χ4v) is 3.58. The minimum atomic E-state index is -0.0366. The lowest BCUT2D eigenvalue weighted by Crippen LogP contribution is -2.32. The SMILES string of the molecule is CC1CCN(c2ccc(NCCC(=O)Nc3ccc4c(c3)OCO4)cc2)CC1. The summed E-state index contributed by atoms with van der Waals surface area (Å²) in [6, 6.07) is 13.9. The molecule has 0 bridgehead atoms. The van der Waals surface area contributed by atoms with Gasteiger partial charge in [0.2, 0.25) is 12.7 Å². The largest absolute Gasteiger partial charge is 0.454 e. The molecule has 1 fully saturated rings. The Morgan fingerprint density at radius 1 is 1.04 bits per heavy atom. The van der Waals surface area contributed by atoms with E-state index < -0.39 is 0 Å². The zero-order valence-corrected chi connectivity index (χ0v) is 16.2. The van der Waals surface area contributed by atoms with Gasteiger partial charge in [0.15, 0.2) is 11.5 Å². The number of rotatable bonds is 6. The molecular weight excluding hydrogens is 354 g/mol. The molecule has 28 heavy (non-hydrogen) atoms. The van der Waals surface area contributed by atoms with Crippen LogP contribution in [-0.4, -0.2) is 32.3 Å². The number of anilines is 3. The highest BCUT2D eigenvalue weighted by Crippen LogP contribution is 2.34. The summed E-state index contributed by atoms with van der Waals surface area (Å²) in [7, 11) is 0. The molecule has 0 aromatic heterocycles. The fraction of sp³-hybridized carbons (Fsp3) is 0.409. The Bertz CT molecular complexity index is 814. The van der Waals surface area contributed by atoms with Crippen molar-refractivity contribution in [2.75, 3.05) is 42.0 Å². The molecule has 0 unspecified atom stereocenters. The van der Waals surface area contributed by atoms with E-state index in [0.29, 0.717) is 24.5 Å². The number of fused-ring (bicyclic) bond motifs is 1. The van der Waals surface area contributed by atoms with Gasteiger partial charge >= 0.3 is 0 Å². The third-order valence-corrected chi connectivity index (χ3v) is 5.35. The first kappa shape index (κ1) is 18.5. The lowest BCUT2D eigenvalue weighted by molar-refractivity contribution is -0.115. The molecule has 6 heteroatoms. The maximum Gasteiger partial charge on any atom is 0.231 e. The van der Waals surface area contributed by atoms with Crippen molar-refractivity contribution in [3.8, 4) is 11.5 Å². The smallest absolute Gasteiger partial charge is 0.231 e. The molecule has 1 saturated heterocycles. The number of benzene rings is 2. The van der Waals surface area contributed by atoms with E-state index >= 15 is 0 Å². The van der Waals surface area contributed by atoms with E-state index in [4.69, 9.17) is 9.47 Å². The Balaban J connectivity index is 1.22. The van der Waals surface area contributed by atoms with Crippen molar-refractivity contribution in [2.24, 2.45) is 5.92 Å². The summed E-state index contributed by atoms with van der Waals surface area (Å²) in [5.41, 5.74) is 3.03. The number of amides is 1. The first-order valence-corrected chi connectivity index (χ1v) is 9.96. The predicted octanol–water partition coefficient (Wildman–Crippen LogP) is 4.09. The van der Waals surface area contributed by atoms with E-state index in [9.17, 15) is 4.79 Å². The molecule has 2 heterocycles. The molecule has 2 aliphatic rings. The molecule has 2 aromatic carbocycles. The zero-order valence-electron chi connectivity index (χ0n) is 16.2. The van der Waals surface area contributed by atoms with Crippen LogP contribution in [0.5, 0.6) is 11.5 Å². The molecule has 2 aliphatic heterocycles. The normalized spacial score (nSPS) is 16.1. The molecule has 0 radical (unpaired) electrons. The van der Waals surface area contributed by atoms with E-state index in [1.54, 1.807) is 12.1 Å². The minimum Gasteiger partial charge on any atom is -0.454 e. The summed E-state index contributed by atoms with van der Waals surface area (Å²) in [5, 5.41) is 6.21. The van der Waals surface area contributed by atoms with Crippen LogP contribution in [-0.2, 0) is 4.79 Å². The van der Waals surface area contributed by atoms with E-state index in [-0.39, 0.29) is 12.7 Å². The van der Waals surface area contributed by atoms with Crippen molar-refractivity contribution in [3.05, 3.63) is 42.5 Å². The molecule has 1 amide bonds. The second-order valence-electron chi connectivity index (χ2n) is 7.51. The summed E-state index contributed by atoms with van der Waals surface area (Å²) in [6.45, 7) is 5.40. The summed E-state index contributed by atoms with van der Waals surface area (Å²) >= 11 is 0. The van der Waals surface area contributed by atoms with E-state index in [0.717, 1.165) is 30.4 Å². The lowest BCUT2D eigenvalue weighted by Gasteiger charge is -2.32. The van der Waals surface area contributed by atoms with Crippen LogP contribution in [0.15, 0.2) is 42.5 Å². The summed E-state index contributed by atoms with van der Waals surface area (Å²) in [6.07, 6.45) is 2.91. The summed E-state index contributed by atoms with van der Waals surface area (Å²) < 4.78 is 10.6. The van der Waals surface area contributed by atoms with Crippen molar-refractivity contribution in [3.63, 3.8) is 0 Å². The fourth-order valence-electron chi connectivity index (χ4n) is 3.58. The van der Waals surface area contributed by atoms with E-state index in [1.165, 1.54) is 18.5 Å². The number of hydrogen-bond acceptors (Lipinski definition) is 5. The number of carbonyl (C=O) groups excluding carboxylic acids is 1. The van der Waals surface area contributed by atoms with Gasteiger partial charge in [-0.15, -0.1) is 0 Å². The average Bonchev–Trinajstić information content (AvgIpc) is 3.17. The van der Waals surface area contributed by atoms with Crippen LogP contribution in [0, 0.1) is 5.92 Å². The van der Waals surface area contributed by atoms with Gasteiger partial charge in [-0.05, 0) is 55.2 Å².